The third kappa shape index (κ3) is 7.39. The Bertz CT molecular complexity index is 1600. The Labute approximate surface area is 254 Å². The first kappa shape index (κ1) is 31.0. The van der Waals surface area contributed by atoms with Crippen LogP contribution in [0.5, 0.6) is 0 Å². The molecule has 43 heavy (non-hydrogen) atoms. The number of ketones is 1. The van der Waals surface area contributed by atoms with Crippen LogP contribution in [0.2, 0.25) is 0 Å². The van der Waals surface area contributed by atoms with Gasteiger partial charge in [-0.2, -0.15) is 8.42 Å². The van der Waals surface area contributed by atoms with Gasteiger partial charge in [-0.05, 0) is 68.2 Å². The van der Waals surface area contributed by atoms with E-state index in [1.807, 2.05) is 44.4 Å². The number of carbonyl (C=O) groups excluding carboxylic acids is 2. The number of nitrogens with one attached hydrogen (secondary N) is 1. The molecule has 2 aromatic heterocycles. The zero-order valence-electron chi connectivity index (χ0n) is 24.1. The number of nitrogens with two attached hydrogens (primary N) is 1. The molecule has 1 aliphatic heterocycles. The Hall–Kier alpha value is -3.43. The molecule has 5 rings (SSSR count). The number of benzene rings is 1. The van der Waals surface area contributed by atoms with E-state index in [0.29, 0.717) is 36.5 Å². The lowest BCUT2D eigenvalue weighted by Crippen LogP contribution is -2.43. The molecule has 4 atom stereocenters. The number of rotatable bonds is 8. The summed E-state index contributed by atoms with van der Waals surface area (Å²) in [6.45, 7) is 5.73. The van der Waals surface area contributed by atoms with Gasteiger partial charge in [-0.15, -0.1) is 11.3 Å². The standard InChI is InChI=1S/C29H35N5O7S2/c1-29(2,3)41-28(37)34-9-8-17-6-4-5-7-21(17)25(34)19-11-24(42-15-19)26(36)22-13-31-16-32-27(22)33-20-10-18(23(35)12-20)14-40-43(30,38)39/h4-7,11,13,15-16,18,20,23,25,35H,8-10,12,14H2,1-3H3,(H2,30,38,39)(H,31,32,33)/t18-,20-,23+,25+/m1/s1. The van der Waals surface area contributed by atoms with Crippen molar-refractivity contribution in [2.24, 2.45) is 11.1 Å². The maximum absolute atomic E-state index is 13.8. The lowest BCUT2D eigenvalue weighted by Gasteiger charge is -2.38. The Morgan fingerprint density at radius 3 is 2.74 bits per heavy atom. The number of anilines is 1. The van der Waals surface area contributed by atoms with Gasteiger partial charge in [0.25, 0.3) is 0 Å². The van der Waals surface area contributed by atoms with Crippen molar-refractivity contribution < 1.29 is 32.0 Å². The van der Waals surface area contributed by atoms with Crippen LogP contribution in [0.4, 0.5) is 10.6 Å². The minimum atomic E-state index is -4.12. The molecule has 1 saturated carbocycles. The average Bonchev–Trinajstić information content (AvgIpc) is 3.56. The Morgan fingerprint density at radius 1 is 1.23 bits per heavy atom. The number of hydrogen-bond donors (Lipinski definition) is 3. The van der Waals surface area contributed by atoms with E-state index in [2.05, 4.69) is 25.5 Å². The second-order valence-electron chi connectivity index (χ2n) is 11.8. The molecule has 1 aliphatic carbocycles. The summed E-state index contributed by atoms with van der Waals surface area (Å²) in [5.74, 6) is -0.443. The maximum Gasteiger partial charge on any atom is 0.411 e. The molecule has 2 aliphatic rings. The highest BCUT2D eigenvalue weighted by molar-refractivity contribution is 7.84. The molecule has 0 bridgehead atoms. The molecule has 4 N–H and O–H groups in total. The van der Waals surface area contributed by atoms with E-state index >= 15 is 0 Å². The summed E-state index contributed by atoms with van der Waals surface area (Å²) < 4.78 is 32.7. The normalized spacial score (nSPS) is 22.2. The highest BCUT2D eigenvalue weighted by Gasteiger charge is 2.37. The fourth-order valence-electron chi connectivity index (χ4n) is 5.58. The number of carbonyl (C=O) groups is 2. The van der Waals surface area contributed by atoms with Crippen LogP contribution < -0.4 is 10.5 Å². The van der Waals surface area contributed by atoms with Crippen molar-refractivity contribution in [1.82, 2.24) is 14.9 Å². The molecule has 0 spiro atoms. The lowest BCUT2D eigenvalue weighted by atomic mass is 9.89. The summed E-state index contributed by atoms with van der Waals surface area (Å²) in [5.41, 5.74) is 2.52. The summed E-state index contributed by atoms with van der Waals surface area (Å²) >= 11 is 1.27. The van der Waals surface area contributed by atoms with Crippen molar-refractivity contribution >= 4 is 39.3 Å². The number of amides is 1. The van der Waals surface area contributed by atoms with Gasteiger partial charge in [-0.1, -0.05) is 24.3 Å². The topological polar surface area (TPSA) is 174 Å². The molecule has 230 valence electrons. The van der Waals surface area contributed by atoms with Gasteiger partial charge in [0.2, 0.25) is 5.78 Å². The van der Waals surface area contributed by atoms with E-state index < -0.39 is 40.1 Å². The largest absolute Gasteiger partial charge is 0.444 e. The molecule has 1 amide bonds. The molecular weight excluding hydrogens is 594 g/mol. The number of aromatic nitrogens is 2. The molecule has 12 nitrogen and oxygen atoms in total. The quantitative estimate of drug-likeness (QED) is 0.313. The van der Waals surface area contributed by atoms with E-state index in [4.69, 9.17) is 9.88 Å². The van der Waals surface area contributed by atoms with Gasteiger partial charge in [0, 0.05) is 24.7 Å². The van der Waals surface area contributed by atoms with Crippen LogP contribution in [-0.4, -0.2) is 71.2 Å². The van der Waals surface area contributed by atoms with E-state index in [0.717, 1.165) is 16.7 Å². The first-order chi connectivity index (χ1) is 20.3. The zero-order chi connectivity index (χ0) is 30.9. The van der Waals surface area contributed by atoms with Gasteiger partial charge >= 0.3 is 16.4 Å². The SMILES string of the molecule is CC(C)(C)OC(=O)N1CCc2ccccc2[C@@H]1c1csc(C(=O)c2cncnc2N[C@@H]2C[C@H](COS(N)(=O)=O)[C@@H](O)C2)c1. The number of aliphatic hydroxyl groups is 1. The van der Waals surface area contributed by atoms with Crippen molar-refractivity contribution in [1.29, 1.82) is 0 Å². The minimum Gasteiger partial charge on any atom is -0.444 e. The number of nitrogens with zero attached hydrogens (tertiary/aromatic N) is 3. The van der Waals surface area contributed by atoms with Crippen LogP contribution in [0, 0.1) is 5.92 Å². The van der Waals surface area contributed by atoms with E-state index in [1.54, 1.807) is 11.0 Å². The number of hydrogen-bond acceptors (Lipinski definition) is 11. The first-order valence-corrected chi connectivity index (χ1v) is 16.3. The maximum atomic E-state index is 13.8. The molecule has 1 fully saturated rings. The minimum absolute atomic E-state index is 0.240. The van der Waals surface area contributed by atoms with Crippen molar-refractivity contribution in [2.75, 3.05) is 18.5 Å². The van der Waals surface area contributed by atoms with Crippen LogP contribution in [0.1, 0.15) is 71.6 Å². The summed E-state index contributed by atoms with van der Waals surface area (Å²) in [4.78, 5) is 37.5. The summed E-state index contributed by atoms with van der Waals surface area (Å²) in [7, 11) is -4.12. The number of ether oxygens (including phenoxy) is 1. The van der Waals surface area contributed by atoms with Crippen LogP contribution >= 0.6 is 11.3 Å². The Balaban J connectivity index is 1.37. The predicted octanol–water partition coefficient (Wildman–Crippen LogP) is 3.42. The van der Waals surface area contributed by atoms with Crippen molar-refractivity contribution in [3.8, 4) is 0 Å². The van der Waals surface area contributed by atoms with Gasteiger partial charge in [-0.25, -0.2) is 19.9 Å². The van der Waals surface area contributed by atoms with Gasteiger partial charge in [-0.3, -0.25) is 13.9 Å². The summed E-state index contributed by atoms with van der Waals surface area (Å²) in [6, 6.07) is 9.06. The summed E-state index contributed by atoms with van der Waals surface area (Å²) in [6.07, 6.45) is 2.92. The highest BCUT2D eigenvalue weighted by atomic mass is 32.2. The van der Waals surface area contributed by atoms with E-state index in [1.165, 1.54) is 23.9 Å². The van der Waals surface area contributed by atoms with Crippen LogP contribution in [-0.2, 0) is 25.6 Å². The molecule has 3 aromatic rings. The molecule has 3 heterocycles. The lowest BCUT2D eigenvalue weighted by molar-refractivity contribution is 0.0178. The Kier molecular flexibility index (Phi) is 8.86. The monoisotopic (exact) mass is 629 g/mol. The third-order valence-corrected chi connectivity index (χ3v) is 8.88. The molecule has 14 heteroatoms. The van der Waals surface area contributed by atoms with Crippen LogP contribution in [0.25, 0.3) is 0 Å². The van der Waals surface area contributed by atoms with Crippen molar-refractivity contribution in [3.05, 3.63) is 75.4 Å². The van der Waals surface area contributed by atoms with E-state index in [9.17, 15) is 23.1 Å². The molecular formula is C29H35N5O7S2. The Morgan fingerprint density at radius 2 is 2.00 bits per heavy atom. The number of aliphatic hydroxyl groups excluding tert-OH is 1. The zero-order valence-corrected chi connectivity index (χ0v) is 25.7. The molecule has 0 radical (unpaired) electrons. The number of fused-ring (bicyclic) bond motifs is 1. The predicted molar refractivity (Wildman–Crippen MR) is 160 cm³/mol. The third-order valence-electron chi connectivity index (χ3n) is 7.47. The second-order valence-corrected chi connectivity index (χ2v) is 13.9. The smallest absolute Gasteiger partial charge is 0.411 e. The average molecular weight is 630 g/mol. The van der Waals surface area contributed by atoms with Crippen LogP contribution in [0.3, 0.4) is 0 Å². The van der Waals surface area contributed by atoms with Crippen molar-refractivity contribution in [3.63, 3.8) is 0 Å². The summed E-state index contributed by atoms with van der Waals surface area (Å²) in [5, 5.41) is 20.4. The molecule has 1 aromatic carbocycles. The van der Waals surface area contributed by atoms with Crippen LogP contribution in [0.15, 0.2) is 48.2 Å². The molecule has 0 saturated heterocycles. The van der Waals surface area contributed by atoms with E-state index in [-0.39, 0.29) is 24.0 Å². The van der Waals surface area contributed by atoms with Gasteiger partial charge in [0.05, 0.1) is 29.2 Å². The highest BCUT2D eigenvalue weighted by Crippen LogP contribution is 2.38. The van der Waals surface area contributed by atoms with Gasteiger partial charge < -0.3 is 15.2 Å². The fourth-order valence-corrected chi connectivity index (χ4v) is 6.82. The fraction of sp³-hybridized carbons (Fsp3) is 0.448. The van der Waals surface area contributed by atoms with Crippen molar-refractivity contribution in [2.45, 2.75) is 63.8 Å². The first-order valence-electron chi connectivity index (χ1n) is 13.9. The van der Waals surface area contributed by atoms with Gasteiger partial charge in [0.1, 0.15) is 17.7 Å². The van der Waals surface area contributed by atoms with Gasteiger partial charge in [0.15, 0.2) is 0 Å². The number of thiophene rings is 1. The second kappa shape index (κ2) is 12.3. The molecule has 0 unspecified atom stereocenters.